The van der Waals surface area contributed by atoms with Crippen molar-refractivity contribution in [2.75, 3.05) is 18.6 Å². The molecule has 5 nitrogen and oxygen atoms in total. The molecule has 0 saturated carbocycles. The summed E-state index contributed by atoms with van der Waals surface area (Å²) in [7, 11) is 1.37. The SMILES string of the molecule is CCC(C)C1NC(=O)CN(c2ccc(OC)c(F)c2)C1=O. The van der Waals surface area contributed by atoms with Gasteiger partial charge in [0, 0.05) is 11.8 Å². The number of piperazine rings is 1. The number of methoxy groups -OCH3 is 1. The zero-order valence-electron chi connectivity index (χ0n) is 12.4. The highest BCUT2D eigenvalue weighted by molar-refractivity contribution is 6.06. The molecule has 21 heavy (non-hydrogen) atoms. The fourth-order valence-corrected chi connectivity index (χ4v) is 2.33. The maximum atomic E-state index is 13.8. The Hall–Kier alpha value is -2.11. The van der Waals surface area contributed by atoms with Crippen molar-refractivity contribution >= 4 is 17.5 Å². The molecular formula is C15H19FN2O3. The number of anilines is 1. The van der Waals surface area contributed by atoms with Crippen LogP contribution in [0.25, 0.3) is 0 Å². The molecule has 2 amide bonds. The summed E-state index contributed by atoms with van der Waals surface area (Å²) in [6.45, 7) is 3.76. The van der Waals surface area contributed by atoms with Gasteiger partial charge in [0.25, 0.3) is 0 Å². The molecule has 0 aromatic heterocycles. The number of benzene rings is 1. The highest BCUT2D eigenvalue weighted by Gasteiger charge is 2.36. The van der Waals surface area contributed by atoms with Gasteiger partial charge in [-0.05, 0) is 18.1 Å². The van der Waals surface area contributed by atoms with Gasteiger partial charge in [-0.15, -0.1) is 0 Å². The second kappa shape index (κ2) is 6.11. The van der Waals surface area contributed by atoms with Crippen LogP contribution >= 0.6 is 0 Å². The third-order valence-corrected chi connectivity index (χ3v) is 3.81. The van der Waals surface area contributed by atoms with Crippen LogP contribution in [-0.4, -0.2) is 31.5 Å². The second-order valence-corrected chi connectivity index (χ2v) is 5.17. The molecule has 2 atom stereocenters. The average Bonchev–Trinajstić information content (AvgIpc) is 2.48. The van der Waals surface area contributed by atoms with Gasteiger partial charge in [-0.1, -0.05) is 20.3 Å². The van der Waals surface area contributed by atoms with Crippen LogP contribution in [0.5, 0.6) is 5.75 Å². The Kier molecular flexibility index (Phi) is 4.45. The monoisotopic (exact) mass is 294 g/mol. The summed E-state index contributed by atoms with van der Waals surface area (Å²) in [6, 6.07) is 3.67. The van der Waals surface area contributed by atoms with Crippen molar-refractivity contribution in [1.82, 2.24) is 5.32 Å². The largest absolute Gasteiger partial charge is 0.494 e. The molecule has 6 heteroatoms. The van der Waals surface area contributed by atoms with Gasteiger partial charge in [0.15, 0.2) is 11.6 Å². The predicted molar refractivity (Wildman–Crippen MR) is 76.7 cm³/mol. The highest BCUT2D eigenvalue weighted by atomic mass is 19.1. The van der Waals surface area contributed by atoms with Crippen LogP contribution in [0.1, 0.15) is 20.3 Å². The van der Waals surface area contributed by atoms with Gasteiger partial charge in [0.05, 0.1) is 7.11 Å². The Morgan fingerprint density at radius 2 is 2.19 bits per heavy atom. The normalized spacial score (nSPS) is 20.2. The van der Waals surface area contributed by atoms with E-state index in [0.717, 1.165) is 6.42 Å². The predicted octanol–water partition coefficient (Wildman–Crippen LogP) is 1.71. The molecule has 114 valence electrons. The number of amides is 2. The minimum absolute atomic E-state index is 0.0207. The molecule has 1 aliphatic rings. The number of ether oxygens (including phenoxy) is 1. The highest BCUT2D eigenvalue weighted by Crippen LogP contribution is 2.26. The van der Waals surface area contributed by atoms with Crippen LogP contribution in [0.4, 0.5) is 10.1 Å². The molecule has 1 saturated heterocycles. The van der Waals surface area contributed by atoms with Gasteiger partial charge in [0.1, 0.15) is 12.6 Å². The molecule has 0 radical (unpaired) electrons. The van der Waals surface area contributed by atoms with E-state index in [0.29, 0.717) is 5.69 Å². The van der Waals surface area contributed by atoms with E-state index < -0.39 is 11.9 Å². The third kappa shape index (κ3) is 2.99. The Labute approximate surface area is 123 Å². The van der Waals surface area contributed by atoms with Crippen molar-refractivity contribution in [2.45, 2.75) is 26.3 Å². The molecule has 1 fully saturated rings. The summed E-state index contributed by atoms with van der Waals surface area (Å²) in [4.78, 5) is 25.6. The fraction of sp³-hybridized carbons (Fsp3) is 0.467. The van der Waals surface area contributed by atoms with Crippen molar-refractivity contribution in [3.05, 3.63) is 24.0 Å². The number of nitrogens with zero attached hydrogens (tertiary/aromatic N) is 1. The van der Waals surface area contributed by atoms with E-state index in [1.54, 1.807) is 6.07 Å². The zero-order valence-corrected chi connectivity index (χ0v) is 12.4. The van der Waals surface area contributed by atoms with Crippen molar-refractivity contribution in [1.29, 1.82) is 0 Å². The van der Waals surface area contributed by atoms with Gasteiger partial charge in [0.2, 0.25) is 11.8 Å². The summed E-state index contributed by atoms with van der Waals surface area (Å²) >= 11 is 0. The molecule has 1 aromatic rings. The molecule has 1 N–H and O–H groups in total. The zero-order chi connectivity index (χ0) is 15.6. The standard InChI is InChI=1S/C15H19FN2O3/c1-4-9(2)14-15(20)18(8-13(19)17-14)10-5-6-12(21-3)11(16)7-10/h5-7,9,14H,4,8H2,1-3H3,(H,17,19). The Bertz CT molecular complexity index is 562. The molecular weight excluding hydrogens is 275 g/mol. The van der Waals surface area contributed by atoms with Crippen LogP contribution in [0.3, 0.4) is 0 Å². The lowest BCUT2D eigenvalue weighted by Gasteiger charge is -2.35. The van der Waals surface area contributed by atoms with Crippen LogP contribution in [0.2, 0.25) is 0 Å². The van der Waals surface area contributed by atoms with Crippen LogP contribution in [0, 0.1) is 11.7 Å². The third-order valence-electron chi connectivity index (χ3n) is 3.81. The number of nitrogens with one attached hydrogen (secondary N) is 1. The minimum Gasteiger partial charge on any atom is -0.494 e. The van der Waals surface area contributed by atoms with Crippen molar-refractivity contribution in [3.8, 4) is 5.75 Å². The number of carbonyl (C=O) groups is 2. The van der Waals surface area contributed by atoms with E-state index >= 15 is 0 Å². The maximum absolute atomic E-state index is 13.8. The van der Waals surface area contributed by atoms with Crippen LogP contribution in [0.15, 0.2) is 18.2 Å². The van der Waals surface area contributed by atoms with E-state index in [4.69, 9.17) is 4.74 Å². The second-order valence-electron chi connectivity index (χ2n) is 5.17. The van der Waals surface area contributed by atoms with Gasteiger partial charge in [-0.25, -0.2) is 4.39 Å². The van der Waals surface area contributed by atoms with E-state index in [1.165, 1.54) is 24.1 Å². The van der Waals surface area contributed by atoms with Crippen molar-refractivity contribution in [2.24, 2.45) is 5.92 Å². The quantitative estimate of drug-likeness (QED) is 0.919. The van der Waals surface area contributed by atoms with E-state index in [-0.39, 0.29) is 30.0 Å². The average molecular weight is 294 g/mol. The van der Waals surface area contributed by atoms with Crippen LogP contribution in [-0.2, 0) is 9.59 Å². The summed E-state index contributed by atoms with van der Waals surface area (Å²) in [5.74, 6) is -0.892. The molecule has 0 bridgehead atoms. The van der Waals surface area contributed by atoms with Crippen LogP contribution < -0.4 is 15.0 Å². The van der Waals surface area contributed by atoms with Gasteiger partial charge in [-0.2, -0.15) is 0 Å². The molecule has 0 spiro atoms. The molecule has 1 heterocycles. The van der Waals surface area contributed by atoms with Gasteiger partial charge >= 0.3 is 0 Å². The van der Waals surface area contributed by atoms with E-state index in [9.17, 15) is 14.0 Å². The topological polar surface area (TPSA) is 58.6 Å². The first-order valence-electron chi connectivity index (χ1n) is 6.92. The summed E-state index contributed by atoms with van der Waals surface area (Å²) < 4.78 is 18.6. The first kappa shape index (κ1) is 15.3. The molecule has 2 unspecified atom stereocenters. The number of hydrogen-bond donors (Lipinski definition) is 1. The minimum atomic E-state index is -0.568. The van der Waals surface area contributed by atoms with E-state index in [2.05, 4.69) is 5.32 Å². The first-order chi connectivity index (χ1) is 9.97. The summed E-state index contributed by atoms with van der Waals surface area (Å²) in [6.07, 6.45) is 0.765. The van der Waals surface area contributed by atoms with Gasteiger partial charge in [-0.3, -0.25) is 9.59 Å². The summed E-state index contributed by atoms with van der Waals surface area (Å²) in [5.41, 5.74) is 0.362. The number of halogens is 1. The fourth-order valence-electron chi connectivity index (χ4n) is 2.33. The Morgan fingerprint density at radius 3 is 2.76 bits per heavy atom. The lowest BCUT2D eigenvalue weighted by Crippen LogP contribution is -2.60. The molecule has 0 aliphatic carbocycles. The van der Waals surface area contributed by atoms with Gasteiger partial charge < -0.3 is 15.0 Å². The Balaban J connectivity index is 2.31. The smallest absolute Gasteiger partial charge is 0.250 e. The number of rotatable bonds is 4. The van der Waals surface area contributed by atoms with Crippen molar-refractivity contribution < 1.29 is 18.7 Å². The summed E-state index contributed by atoms with van der Waals surface area (Å²) in [5, 5.41) is 2.71. The lowest BCUT2D eigenvalue weighted by atomic mass is 9.96. The number of carbonyl (C=O) groups excluding carboxylic acids is 2. The van der Waals surface area contributed by atoms with Crippen molar-refractivity contribution in [3.63, 3.8) is 0 Å². The molecule has 1 aromatic carbocycles. The molecule has 1 aliphatic heterocycles. The first-order valence-corrected chi connectivity index (χ1v) is 6.92. The lowest BCUT2D eigenvalue weighted by molar-refractivity contribution is -0.132. The maximum Gasteiger partial charge on any atom is 0.250 e. The Morgan fingerprint density at radius 1 is 1.48 bits per heavy atom. The van der Waals surface area contributed by atoms with E-state index in [1.807, 2.05) is 13.8 Å². The molecule has 2 rings (SSSR count). The number of hydrogen-bond acceptors (Lipinski definition) is 3.